The van der Waals surface area contributed by atoms with E-state index in [9.17, 15) is 19.2 Å². The van der Waals surface area contributed by atoms with Gasteiger partial charge in [0.2, 0.25) is 11.8 Å². The van der Waals surface area contributed by atoms with Crippen LogP contribution >= 0.6 is 0 Å². The second-order valence-electron chi connectivity index (χ2n) is 7.22. The molecule has 1 fully saturated rings. The molecule has 8 nitrogen and oxygen atoms in total. The fourth-order valence-electron chi connectivity index (χ4n) is 3.82. The van der Waals surface area contributed by atoms with Crippen molar-refractivity contribution in [3.05, 3.63) is 70.3 Å². The average Bonchev–Trinajstić information content (AvgIpc) is 3.09. The van der Waals surface area contributed by atoms with Crippen molar-refractivity contribution < 1.29 is 19.2 Å². The predicted octanol–water partition coefficient (Wildman–Crippen LogP) is 1.25. The normalized spacial score (nSPS) is 17.9. The molecule has 4 amide bonds. The van der Waals surface area contributed by atoms with E-state index in [4.69, 9.17) is 5.26 Å². The second kappa shape index (κ2) is 7.79. The Labute approximate surface area is 172 Å². The zero-order chi connectivity index (χ0) is 21.3. The van der Waals surface area contributed by atoms with Crippen LogP contribution in [-0.4, -0.2) is 34.6 Å². The van der Waals surface area contributed by atoms with E-state index in [0.29, 0.717) is 23.1 Å². The van der Waals surface area contributed by atoms with E-state index in [-0.39, 0.29) is 37.2 Å². The summed E-state index contributed by atoms with van der Waals surface area (Å²) < 4.78 is 0. The Morgan fingerprint density at radius 2 is 2.00 bits per heavy atom. The number of hydrogen-bond acceptors (Lipinski definition) is 5. The van der Waals surface area contributed by atoms with Gasteiger partial charge in [0.1, 0.15) is 6.04 Å². The lowest BCUT2D eigenvalue weighted by Crippen LogP contribution is -2.52. The molecule has 2 aliphatic rings. The first-order valence-corrected chi connectivity index (χ1v) is 9.51. The van der Waals surface area contributed by atoms with Gasteiger partial charge in [-0.05, 0) is 41.8 Å². The van der Waals surface area contributed by atoms with Gasteiger partial charge in [0.25, 0.3) is 11.8 Å². The number of amides is 4. The van der Waals surface area contributed by atoms with Gasteiger partial charge in [-0.25, -0.2) is 0 Å². The number of hydrogen-bond donors (Lipinski definition) is 2. The van der Waals surface area contributed by atoms with Gasteiger partial charge in [0, 0.05) is 30.6 Å². The molecule has 2 N–H and O–H groups in total. The third-order valence-corrected chi connectivity index (χ3v) is 5.37. The molecule has 2 heterocycles. The smallest absolute Gasteiger partial charge is 0.255 e. The Morgan fingerprint density at radius 3 is 2.77 bits per heavy atom. The Balaban J connectivity index is 1.50. The molecule has 0 saturated carbocycles. The maximum Gasteiger partial charge on any atom is 0.255 e. The number of piperidine rings is 1. The van der Waals surface area contributed by atoms with Crippen molar-refractivity contribution in [2.24, 2.45) is 0 Å². The fourth-order valence-corrected chi connectivity index (χ4v) is 3.82. The number of carbonyl (C=O) groups excluding carboxylic acids is 4. The van der Waals surface area contributed by atoms with E-state index in [1.807, 2.05) is 12.1 Å². The SMILES string of the molecule is N#Cc1cccc(C(=O)NCc2cccc3c2CN(C2CCC(=O)NC2=O)C3=O)c1. The number of carbonyl (C=O) groups is 4. The molecule has 1 saturated heterocycles. The van der Waals surface area contributed by atoms with Crippen molar-refractivity contribution in [1.29, 1.82) is 5.26 Å². The highest BCUT2D eigenvalue weighted by atomic mass is 16.2. The van der Waals surface area contributed by atoms with E-state index in [2.05, 4.69) is 10.6 Å². The molecule has 0 aliphatic carbocycles. The van der Waals surface area contributed by atoms with Crippen LogP contribution in [0.3, 0.4) is 0 Å². The monoisotopic (exact) mass is 402 g/mol. The lowest BCUT2D eigenvalue weighted by Gasteiger charge is -2.29. The van der Waals surface area contributed by atoms with E-state index in [1.165, 1.54) is 11.0 Å². The molecule has 0 bridgehead atoms. The molecule has 30 heavy (non-hydrogen) atoms. The molecule has 1 unspecified atom stereocenters. The summed E-state index contributed by atoms with van der Waals surface area (Å²) in [4.78, 5) is 50.4. The Bertz CT molecular complexity index is 1120. The summed E-state index contributed by atoms with van der Waals surface area (Å²) >= 11 is 0. The van der Waals surface area contributed by atoms with Crippen LogP contribution < -0.4 is 10.6 Å². The van der Waals surface area contributed by atoms with Crippen LogP contribution in [0.15, 0.2) is 42.5 Å². The van der Waals surface area contributed by atoms with E-state index in [1.54, 1.807) is 30.3 Å². The van der Waals surface area contributed by atoms with Crippen molar-refractivity contribution in [2.45, 2.75) is 32.0 Å². The maximum atomic E-state index is 12.8. The standard InChI is InChI=1S/C22H18N4O4/c23-10-13-3-1-4-14(9-13)20(28)24-11-15-5-2-6-16-17(15)12-26(22(16)30)18-7-8-19(27)25-21(18)29/h1-6,9,18H,7-8,11-12H2,(H,24,28)(H,25,27,29). The van der Waals surface area contributed by atoms with Crippen molar-refractivity contribution in [3.63, 3.8) is 0 Å². The van der Waals surface area contributed by atoms with Crippen LogP contribution in [0.2, 0.25) is 0 Å². The summed E-state index contributed by atoms with van der Waals surface area (Å²) in [6, 6.07) is 13.0. The molecular formula is C22H18N4O4. The molecule has 4 rings (SSSR count). The van der Waals surface area contributed by atoms with Gasteiger partial charge in [-0.15, -0.1) is 0 Å². The predicted molar refractivity (Wildman–Crippen MR) is 105 cm³/mol. The summed E-state index contributed by atoms with van der Waals surface area (Å²) in [5.74, 6) is -1.37. The first kappa shape index (κ1) is 19.3. The molecule has 0 spiro atoms. The maximum absolute atomic E-state index is 12.8. The molecule has 2 aromatic rings. The molecule has 1 atom stereocenters. The average molecular weight is 402 g/mol. The number of nitriles is 1. The summed E-state index contributed by atoms with van der Waals surface area (Å²) in [5.41, 5.74) is 2.81. The first-order valence-electron chi connectivity index (χ1n) is 9.51. The van der Waals surface area contributed by atoms with Gasteiger partial charge in [-0.1, -0.05) is 18.2 Å². The van der Waals surface area contributed by atoms with Crippen LogP contribution in [0.25, 0.3) is 0 Å². The van der Waals surface area contributed by atoms with Crippen molar-refractivity contribution in [1.82, 2.24) is 15.5 Å². The van der Waals surface area contributed by atoms with E-state index >= 15 is 0 Å². The zero-order valence-corrected chi connectivity index (χ0v) is 16.0. The quantitative estimate of drug-likeness (QED) is 0.746. The number of rotatable bonds is 4. The largest absolute Gasteiger partial charge is 0.348 e. The summed E-state index contributed by atoms with van der Waals surface area (Å²) in [7, 11) is 0. The number of fused-ring (bicyclic) bond motifs is 1. The van der Waals surface area contributed by atoms with Gasteiger partial charge in [-0.3, -0.25) is 24.5 Å². The van der Waals surface area contributed by atoms with Gasteiger partial charge >= 0.3 is 0 Å². The van der Waals surface area contributed by atoms with Crippen LogP contribution in [0.4, 0.5) is 0 Å². The fraction of sp³-hybridized carbons (Fsp3) is 0.227. The van der Waals surface area contributed by atoms with Crippen LogP contribution in [0.1, 0.15) is 50.2 Å². The molecule has 2 aliphatic heterocycles. The van der Waals surface area contributed by atoms with Gasteiger partial charge in [-0.2, -0.15) is 5.26 Å². The van der Waals surface area contributed by atoms with Crippen LogP contribution in [0, 0.1) is 11.3 Å². The molecule has 0 aromatic heterocycles. The lowest BCUT2D eigenvalue weighted by molar-refractivity contribution is -0.136. The minimum absolute atomic E-state index is 0.196. The minimum atomic E-state index is -0.682. The van der Waals surface area contributed by atoms with Gasteiger partial charge in [0.15, 0.2) is 0 Å². The van der Waals surface area contributed by atoms with Crippen LogP contribution in [0.5, 0.6) is 0 Å². The van der Waals surface area contributed by atoms with E-state index in [0.717, 1.165) is 11.1 Å². The topological polar surface area (TPSA) is 119 Å². The van der Waals surface area contributed by atoms with Gasteiger partial charge < -0.3 is 10.2 Å². The van der Waals surface area contributed by atoms with Crippen molar-refractivity contribution >= 4 is 23.6 Å². The lowest BCUT2D eigenvalue weighted by atomic mass is 10.0. The van der Waals surface area contributed by atoms with Crippen molar-refractivity contribution in [2.75, 3.05) is 0 Å². The summed E-state index contributed by atoms with van der Waals surface area (Å²) in [5, 5.41) is 14.1. The molecular weight excluding hydrogens is 384 g/mol. The Hall–Kier alpha value is -3.99. The Morgan fingerprint density at radius 1 is 1.20 bits per heavy atom. The highest BCUT2D eigenvalue weighted by Crippen LogP contribution is 2.29. The third kappa shape index (κ3) is 3.53. The number of nitrogens with one attached hydrogen (secondary N) is 2. The third-order valence-electron chi connectivity index (χ3n) is 5.37. The second-order valence-corrected chi connectivity index (χ2v) is 7.22. The van der Waals surface area contributed by atoms with Gasteiger partial charge in [0.05, 0.1) is 11.6 Å². The molecule has 8 heteroatoms. The zero-order valence-electron chi connectivity index (χ0n) is 16.0. The highest BCUT2D eigenvalue weighted by molar-refractivity contribution is 6.05. The number of benzene rings is 2. The molecule has 2 aromatic carbocycles. The van der Waals surface area contributed by atoms with Crippen LogP contribution in [-0.2, 0) is 22.7 Å². The molecule has 150 valence electrons. The number of nitrogens with zero attached hydrogens (tertiary/aromatic N) is 2. The molecule has 0 radical (unpaired) electrons. The number of imide groups is 1. The summed E-state index contributed by atoms with van der Waals surface area (Å²) in [6.45, 7) is 0.450. The van der Waals surface area contributed by atoms with Crippen molar-refractivity contribution in [3.8, 4) is 6.07 Å². The summed E-state index contributed by atoms with van der Waals surface area (Å²) in [6.07, 6.45) is 0.493. The Kier molecular flexibility index (Phi) is 5.02. The minimum Gasteiger partial charge on any atom is -0.348 e. The highest BCUT2D eigenvalue weighted by Gasteiger charge is 2.39. The first-order chi connectivity index (χ1) is 14.5. The van der Waals surface area contributed by atoms with E-state index < -0.39 is 11.9 Å².